The number of aromatic nitrogens is 2. The maximum Gasteiger partial charge on any atom is 0.224 e. The summed E-state index contributed by atoms with van der Waals surface area (Å²) in [5.41, 5.74) is 1.79. The third-order valence-electron chi connectivity index (χ3n) is 3.09. The van der Waals surface area contributed by atoms with Crippen LogP contribution in [0.25, 0.3) is 22.3 Å². The summed E-state index contributed by atoms with van der Waals surface area (Å²) in [6, 6.07) is 15.5. The normalized spacial score (nSPS) is 10.5. The first kappa shape index (κ1) is 12.4. The van der Waals surface area contributed by atoms with Gasteiger partial charge in [-0.3, -0.25) is 0 Å². The van der Waals surface area contributed by atoms with Crippen molar-refractivity contribution in [2.24, 2.45) is 0 Å². The standard InChI is InChI=1S/C16H14N2O2/c1-19-12-8-9-14-13(10-12)16(20-2)18-15(17-14)11-6-4-3-5-7-11/h3-10H,1-2H3. The Kier molecular flexibility index (Phi) is 3.21. The van der Waals surface area contributed by atoms with Gasteiger partial charge < -0.3 is 9.47 Å². The molecule has 0 saturated carbocycles. The SMILES string of the molecule is COc1ccc2nc(-c3ccccc3)nc(OC)c2c1. The van der Waals surface area contributed by atoms with E-state index in [1.165, 1.54) is 0 Å². The maximum atomic E-state index is 5.38. The molecule has 3 rings (SSSR count). The van der Waals surface area contributed by atoms with Crippen molar-refractivity contribution in [3.05, 3.63) is 48.5 Å². The highest BCUT2D eigenvalue weighted by Crippen LogP contribution is 2.29. The van der Waals surface area contributed by atoms with Crippen LogP contribution in [-0.4, -0.2) is 24.2 Å². The monoisotopic (exact) mass is 266 g/mol. The molecule has 0 aliphatic carbocycles. The van der Waals surface area contributed by atoms with Crippen LogP contribution in [0.1, 0.15) is 0 Å². The summed E-state index contributed by atoms with van der Waals surface area (Å²) in [5, 5.41) is 0.839. The fraction of sp³-hybridized carbons (Fsp3) is 0.125. The second-order valence-electron chi connectivity index (χ2n) is 4.31. The van der Waals surface area contributed by atoms with Crippen molar-refractivity contribution in [2.75, 3.05) is 14.2 Å². The van der Waals surface area contributed by atoms with Crippen LogP contribution in [0.15, 0.2) is 48.5 Å². The molecule has 0 bridgehead atoms. The minimum Gasteiger partial charge on any atom is -0.497 e. The first-order valence-corrected chi connectivity index (χ1v) is 6.27. The predicted octanol–water partition coefficient (Wildman–Crippen LogP) is 3.31. The number of benzene rings is 2. The number of fused-ring (bicyclic) bond motifs is 1. The summed E-state index contributed by atoms with van der Waals surface area (Å²) in [4.78, 5) is 9.06. The summed E-state index contributed by atoms with van der Waals surface area (Å²) >= 11 is 0. The lowest BCUT2D eigenvalue weighted by Crippen LogP contribution is -1.96. The first-order chi connectivity index (χ1) is 9.81. The van der Waals surface area contributed by atoms with Crippen molar-refractivity contribution in [1.82, 2.24) is 9.97 Å². The van der Waals surface area contributed by atoms with E-state index in [1.807, 2.05) is 48.5 Å². The number of nitrogens with zero attached hydrogens (tertiary/aromatic N) is 2. The molecule has 0 atom stereocenters. The highest BCUT2D eigenvalue weighted by molar-refractivity contribution is 5.86. The molecule has 3 aromatic rings. The van der Waals surface area contributed by atoms with Gasteiger partial charge in [-0.1, -0.05) is 30.3 Å². The third kappa shape index (κ3) is 2.16. The Bertz CT molecular complexity index is 742. The van der Waals surface area contributed by atoms with Gasteiger partial charge in [0.1, 0.15) is 5.75 Å². The Labute approximate surface area is 117 Å². The number of ether oxygens (including phenoxy) is 2. The molecule has 0 aliphatic rings. The van der Waals surface area contributed by atoms with Crippen LogP contribution in [0.4, 0.5) is 0 Å². The third-order valence-corrected chi connectivity index (χ3v) is 3.09. The summed E-state index contributed by atoms with van der Waals surface area (Å²) in [6.07, 6.45) is 0. The topological polar surface area (TPSA) is 44.2 Å². The molecule has 0 aliphatic heterocycles. The molecule has 0 fully saturated rings. The minimum atomic E-state index is 0.549. The van der Waals surface area contributed by atoms with Crippen LogP contribution >= 0.6 is 0 Å². The fourth-order valence-electron chi connectivity index (χ4n) is 2.08. The quantitative estimate of drug-likeness (QED) is 0.729. The zero-order chi connectivity index (χ0) is 13.9. The lowest BCUT2D eigenvalue weighted by molar-refractivity contribution is 0.401. The van der Waals surface area contributed by atoms with Crippen molar-refractivity contribution < 1.29 is 9.47 Å². The van der Waals surface area contributed by atoms with Crippen molar-refractivity contribution in [3.63, 3.8) is 0 Å². The van der Waals surface area contributed by atoms with E-state index in [0.29, 0.717) is 11.7 Å². The second-order valence-corrected chi connectivity index (χ2v) is 4.31. The van der Waals surface area contributed by atoms with E-state index in [-0.39, 0.29) is 0 Å². The van der Waals surface area contributed by atoms with E-state index in [0.717, 1.165) is 22.2 Å². The molecular weight excluding hydrogens is 252 g/mol. The summed E-state index contributed by atoms with van der Waals surface area (Å²) in [6.45, 7) is 0. The Morgan fingerprint density at radius 3 is 2.35 bits per heavy atom. The van der Waals surface area contributed by atoms with Crippen LogP contribution < -0.4 is 9.47 Å². The zero-order valence-electron chi connectivity index (χ0n) is 11.3. The molecule has 1 aromatic heterocycles. The highest BCUT2D eigenvalue weighted by Gasteiger charge is 2.10. The van der Waals surface area contributed by atoms with Gasteiger partial charge in [0, 0.05) is 5.56 Å². The average molecular weight is 266 g/mol. The van der Waals surface area contributed by atoms with Crippen molar-refractivity contribution in [1.29, 1.82) is 0 Å². The molecule has 0 saturated heterocycles. The fourth-order valence-corrected chi connectivity index (χ4v) is 2.08. The summed E-state index contributed by atoms with van der Waals surface area (Å²) in [7, 11) is 3.24. The molecule has 0 amide bonds. The molecule has 4 nitrogen and oxygen atoms in total. The average Bonchev–Trinajstić information content (AvgIpc) is 2.54. The molecule has 20 heavy (non-hydrogen) atoms. The molecule has 0 N–H and O–H groups in total. The Morgan fingerprint density at radius 2 is 1.65 bits per heavy atom. The van der Waals surface area contributed by atoms with Gasteiger partial charge in [0.25, 0.3) is 0 Å². The molecule has 0 radical (unpaired) electrons. The van der Waals surface area contributed by atoms with Crippen LogP contribution in [0.5, 0.6) is 11.6 Å². The molecule has 0 spiro atoms. The van der Waals surface area contributed by atoms with E-state index in [4.69, 9.17) is 9.47 Å². The van der Waals surface area contributed by atoms with Gasteiger partial charge in [-0.15, -0.1) is 0 Å². The Hall–Kier alpha value is -2.62. The molecule has 1 heterocycles. The van der Waals surface area contributed by atoms with Gasteiger partial charge in [-0.2, -0.15) is 4.98 Å². The van der Waals surface area contributed by atoms with Crippen LogP contribution in [-0.2, 0) is 0 Å². The van der Waals surface area contributed by atoms with Crippen molar-refractivity contribution in [2.45, 2.75) is 0 Å². The van der Waals surface area contributed by atoms with Crippen LogP contribution in [0, 0.1) is 0 Å². The molecule has 2 aromatic carbocycles. The van der Waals surface area contributed by atoms with E-state index in [2.05, 4.69) is 9.97 Å². The van der Waals surface area contributed by atoms with Gasteiger partial charge in [0.05, 0.1) is 25.1 Å². The zero-order valence-corrected chi connectivity index (χ0v) is 11.3. The Morgan fingerprint density at radius 1 is 0.850 bits per heavy atom. The Balaban J connectivity index is 2.22. The van der Waals surface area contributed by atoms with E-state index < -0.39 is 0 Å². The van der Waals surface area contributed by atoms with Gasteiger partial charge >= 0.3 is 0 Å². The molecule has 100 valence electrons. The van der Waals surface area contributed by atoms with Gasteiger partial charge in [0.2, 0.25) is 5.88 Å². The largest absolute Gasteiger partial charge is 0.497 e. The summed E-state index contributed by atoms with van der Waals surface area (Å²) < 4.78 is 10.6. The van der Waals surface area contributed by atoms with E-state index >= 15 is 0 Å². The van der Waals surface area contributed by atoms with Crippen molar-refractivity contribution >= 4 is 10.9 Å². The van der Waals surface area contributed by atoms with E-state index in [9.17, 15) is 0 Å². The highest BCUT2D eigenvalue weighted by atomic mass is 16.5. The number of methoxy groups -OCH3 is 2. The number of rotatable bonds is 3. The van der Waals surface area contributed by atoms with Crippen LogP contribution in [0.3, 0.4) is 0 Å². The number of hydrogen-bond donors (Lipinski definition) is 0. The minimum absolute atomic E-state index is 0.549. The molecular formula is C16H14N2O2. The number of hydrogen-bond acceptors (Lipinski definition) is 4. The van der Waals surface area contributed by atoms with Crippen LogP contribution in [0.2, 0.25) is 0 Å². The van der Waals surface area contributed by atoms with Gasteiger partial charge in [-0.05, 0) is 18.2 Å². The second kappa shape index (κ2) is 5.17. The lowest BCUT2D eigenvalue weighted by atomic mass is 10.2. The van der Waals surface area contributed by atoms with Gasteiger partial charge in [-0.25, -0.2) is 4.98 Å². The lowest BCUT2D eigenvalue weighted by Gasteiger charge is -2.08. The predicted molar refractivity (Wildman–Crippen MR) is 78.1 cm³/mol. The van der Waals surface area contributed by atoms with Gasteiger partial charge in [0.15, 0.2) is 5.82 Å². The van der Waals surface area contributed by atoms with E-state index in [1.54, 1.807) is 14.2 Å². The van der Waals surface area contributed by atoms with Crippen molar-refractivity contribution in [3.8, 4) is 23.0 Å². The maximum absolute atomic E-state index is 5.38. The smallest absolute Gasteiger partial charge is 0.224 e. The first-order valence-electron chi connectivity index (χ1n) is 6.27. The molecule has 0 unspecified atom stereocenters. The molecule has 4 heteroatoms. The summed E-state index contributed by atoms with van der Waals surface area (Å²) in [5.74, 6) is 1.96.